The molecule has 0 aromatic heterocycles. The van der Waals surface area contributed by atoms with Gasteiger partial charge < -0.3 is 4.90 Å². The molecule has 12 heavy (non-hydrogen) atoms. The summed E-state index contributed by atoms with van der Waals surface area (Å²) in [4.78, 5) is 2.62. The van der Waals surface area contributed by atoms with Crippen molar-refractivity contribution in [2.45, 2.75) is 30.8 Å². The summed E-state index contributed by atoms with van der Waals surface area (Å²) in [7, 11) is 0. The van der Waals surface area contributed by atoms with E-state index < -0.39 is 0 Å². The van der Waals surface area contributed by atoms with Crippen molar-refractivity contribution in [2.75, 3.05) is 24.1 Å². The molecule has 0 saturated carbocycles. The molecule has 0 amide bonds. The van der Waals surface area contributed by atoms with Crippen molar-refractivity contribution in [2.24, 2.45) is 0 Å². The Bertz CT molecular complexity index is 122. The van der Waals surface area contributed by atoms with Crippen molar-refractivity contribution >= 4 is 34.4 Å². The molecule has 72 valence electrons. The van der Waals surface area contributed by atoms with Crippen LogP contribution in [0, 0.1) is 0 Å². The summed E-state index contributed by atoms with van der Waals surface area (Å²) >= 11 is 4.60. The molecule has 0 spiro atoms. The minimum Gasteiger partial charge on any atom is -0.301 e. The predicted molar refractivity (Wildman–Crippen MR) is 66.5 cm³/mol. The standard InChI is InChI=1S/C9H18INS/c1-8-6-11(5-3-4-10)7-9(2)12-8/h8-9H,3-7H2,1-2H3. The van der Waals surface area contributed by atoms with Crippen LogP contribution in [0.15, 0.2) is 0 Å². The van der Waals surface area contributed by atoms with Crippen LogP contribution < -0.4 is 0 Å². The molecule has 0 bridgehead atoms. The molecule has 0 aliphatic carbocycles. The Labute approximate surface area is 93.8 Å². The molecule has 1 heterocycles. The first-order valence-electron chi connectivity index (χ1n) is 4.66. The van der Waals surface area contributed by atoms with Crippen LogP contribution in [0.4, 0.5) is 0 Å². The molecular weight excluding hydrogens is 281 g/mol. The van der Waals surface area contributed by atoms with E-state index in [1.807, 2.05) is 0 Å². The lowest BCUT2D eigenvalue weighted by molar-refractivity contribution is 0.273. The van der Waals surface area contributed by atoms with Crippen LogP contribution >= 0.6 is 34.4 Å². The van der Waals surface area contributed by atoms with E-state index >= 15 is 0 Å². The van der Waals surface area contributed by atoms with Crippen LogP contribution in [0.2, 0.25) is 0 Å². The lowest BCUT2D eigenvalue weighted by Crippen LogP contribution is -2.40. The van der Waals surface area contributed by atoms with Gasteiger partial charge in [-0.1, -0.05) is 36.4 Å². The fraction of sp³-hybridized carbons (Fsp3) is 1.00. The summed E-state index contributed by atoms with van der Waals surface area (Å²) in [5.74, 6) is 0. The first kappa shape index (κ1) is 11.1. The minimum atomic E-state index is 0.836. The molecule has 1 rings (SSSR count). The number of nitrogens with zero attached hydrogens (tertiary/aromatic N) is 1. The molecule has 1 aliphatic rings. The van der Waals surface area contributed by atoms with Crippen molar-refractivity contribution in [1.29, 1.82) is 0 Å². The third-order valence-electron chi connectivity index (χ3n) is 2.10. The monoisotopic (exact) mass is 299 g/mol. The van der Waals surface area contributed by atoms with Crippen LogP contribution in [0.5, 0.6) is 0 Å². The summed E-state index contributed by atoms with van der Waals surface area (Å²) in [5.41, 5.74) is 0. The molecule has 1 saturated heterocycles. The van der Waals surface area contributed by atoms with Gasteiger partial charge in [0.25, 0.3) is 0 Å². The molecular formula is C9H18INS. The molecule has 0 radical (unpaired) electrons. The molecule has 1 nitrogen and oxygen atoms in total. The minimum absolute atomic E-state index is 0.836. The zero-order valence-corrected chi connectivity index (χ0v) is 10.9. The van der Waals surface area contributed by atoms with Crippen molar-refractivity contribution in [3.05, 3.63) is 0 Å². The number of rotatable bonds is 3. The van der Waals surface area contributed by atoms with E-state index in [4.69, 9.17) is 0 Å². The normalized spacial score (nSPS) is 32.2. The second-order valence-corrected chi connectivity index (χ2v) is 6.52. The molecule has 2 unspecified atom stereocenters. The Morgan fingerprint density at radius 3 is 2.42 bits per heavy atom. The first-order valence-corrected chi connectivity index (χ1v) is 7.13. The quantitative estimate of drug-likeness (QED) is 0.582. The molecule has 0 aromatic rings. The van der Waals surface area contributed by atoms with Gasteiger partial charge in [0, 0.05) is 28.0 Å². The Hall–Kier alpha value is 1.04. The van der Waals surface area contributed by atoms with E-state index in [-0.39, 0.29) is 0 Å². The third kappa shape index (κ3) is 3.83. The Kier molecular flexibility index (Phi) is 5.28. The summed E-state index contributed by atoms with van der Waals surface area (Å²) in [6, 6.07) is 0. The fourth-order valence-electron chi connectivity index (χ4n) is 1.75. The van der Waals surface area contributed by atoms with Crippen molar-refractivity contribution < 1.29 is 0 Å². The molecule has 2 atom stereocenters. The highest BCUT2D eigenvalue weighted by Gasteiger charge is 2.21. The van der Waals surface area contributed by atoms with Crippen LogP contribution in [0.3, 0.4) is 0 Å². The van der Waals surface area contributed by atoms with Gasteiger partial charge >= 0.3 is 0 Å². The van der Waals surface area contributed by atoms with Crippen LogP contribution in [-0.4, -0.2) is 39.5 Å². The Morgan fingerprint density at radius 1 is 1.33 bits per heavy atom. The lowest BCUT2D eigenvalue weighted by atomic mass is 10.3. The summed E-state index contributed by atoms with van der Waals surface area (Å²) in [6.07, 6.45) is 1.35. The van der Waals surface area contributed by atoms with Gasteiger partial charge in [0.05, 0.1) is 0 Å². The van der Waals surface area contributed by atoms with Crippen molar-refractivity contribution in [1.82, 2.24) is 4.90 Å². The van der Waals surface area contributed by atoms with Crippen LogP contribution in [0.1, 0.15) is 20.3 Å². The van der Waals surface area contributed by atoms with Crippen molar-refractivity contribution in [3.63, 3.8) is 0 Å². The van der Waals surface area contributed by atoms with Gasteiger partial charge in [0.2, 0.25) is 0 Å². The lowest BCUT2D eigenvalue weighted by Gasteiger charge is -2.34. The number of hydrogen-bond donors (Lipinski definition) is 0. The average Bonchev–Trinajstić information content (AvgIpc) is 1.99. The van der Waals surface area contributed by atoms with Gasteiger partial charge in [0.15, 0.2) is 0 Å². The van der Waals surface area contributed by atoms with Gasteiger partial charge in [-0.15, -0.1) is 0 Å². The maximum Gasteiger partial charge on any atom is 0.0149 e. The maximum absolute atomic E-state index is 2.62. The zero-order chi connectivity index (χ0) is 8.97. The van der Waals surface area contributed by atoms with Crippen LogP contribution in [0.25, 0.3) is 0 Å². The van der Waals surface area contributed by atoms with Crippen LogP contribution in [-0.2, 0) is 0 Å². The smallest absolute Gasteiger partial charge is 0.0149 e. The number of alkyl halides is 1. The largest absolute Gasteiger partial charge is 0.301 e. The van der Waals surface area contributed by atoms with E-state index in [0.717, 1.165) is 10.5 Å². The molecule has 0 aromatic carbocycles. The Balaban J connectivity index is 2.24. The summed E-state index contributed by atoms with van der Waals surface area (Å²) < 4.78 is 1.30. The van der Waals surface area contributed by atoms with E-state index in [1.165, 1.54) is 30.5 Å². The second-order valence-electron chi connectivity index (χ2n) is 3.56. The molecule has 0 N–H and O–H groups in total. The average molecular weight is 299 g/mol. The zero-order valence-electron chi connectivity index (χ0n) is 7.92. The number of halogens is 1. The maximum atomic E-state index is 2.62. The highest BCUT2D eigenvalue weighted by molar-refractivity contribution is 14.1. The summed E-state index contributed by atoms with van der Waals surface area (Å²) in [6.45, 7) is 8.59. The van der Waals surface area contributed by atoms with Crippen molar-refractivity contribution in [3.8, 4) is 0 Å². The van der Waals surface area contributed by atoms with Gasteiger partial charge in [-0.3, -0.25) is 0 Å². The van der Waals surface area contributed by atoms with E-state index in [2.05, 4.69) is 53.1 Å². The topological polar surface area (TPSA) is 3.24 Å². The molecule has 3 heteroatoms. The van der Waals surface area contributed by atoms with Gasteiger partial charge in [-0.2, -0.15) is 11.8 Å². The molecule has 1 aliphatic heterocycles. The van der Waals surface area contributed by atoms with E-state index in [9.17, 15) is 0 Å². The first-order chi connectivity index (χ1) is 5.72. The SMILES string of the molecule is CC1CN(CCCI)CC(C)S1. The fourth-order valence-corrected chi connectivity index (χ4v) is 3.48. The van der Waals surface area contributed by atoms with E-state index in [1.54, 1.807) is 0 Å². The second kappa shape index (κ2) is 5.70. The molecule has 1 fully saturated rings. The highest BCUT2D eigenvalue weighted by Crippen LogP contribution is 2.24. The Morgan fingerprint density at radius 2 is 1.92 bits per heavy atom. The number of hydrogen-bond acceptors (Lipinski definition) is 2. The third-order valence-corrected chi connectivity index (χ3v) is 4.09. The van der Waals surface area contributed by atoms with Gasteiger partial charge in [-0.25, -0.2) is 0 Å². The van der Waals surface area contributed by atoms with Gasteiger partial charge in [0.1, 0.15) is 0 Å². The summed E-state index contributed by atoms with van der Waals surface area (Å²) in [5, 5.41) is 1.67. The number of thioether (sulfide) groups is 1. The predicted octanol–water partition coefficient (Wildman–Crippen LogP) is 2.64. The van der Waals surface area contributed by atoms with E-state index in [0.29, 0.717) is 0 Å². The highest BCUT2D eigenvalue weighted by atomic mass is 127. The van der Waals surface area contributed by atoms with Gasteiger partial charge in [-0.05, 0) is 13.0 Å².